The summed E-state index contributed by atoms with van der Waals surface area (Å²) in [5.41, 5.74) is 2.52. The van der Waals surface area contributed by atoms with Gasteiger partial charge in [0.1, 0.15) is 17.2 Å². The minimum absolute atomic E-state index is 0.0498. The summed E-state index contributed by atoms with van der Waals surface area (Å²) in [7, 11) is 0. The maximum atomic E-state index is 12.4. The molecule has 2 aromatic heterocycles. The van der Waals surface area contributed by atoms with Crippen molar-refractivity contribution in [3.05, 3.63) is 52.1 Å². The van der Waals surface area contributed by atoms with Gasteiger partial charge in [0.05, 0.1) is 11.6 Å². The molecule has 0 unspecified atom stereocenters. The third kappa shape index (κ3) is 3.86. The Morgan fingerprint density at radius 2 is 1.88 bits per heavy atom. The van der Waals surface area contributed by atoms with Crippen molar-refractivity contribution in [2.75, 3.05) is 25.0 Å². The number of hydrogen-bond donors (Lipinski definition) is 1. The average molecular weight is 436 g/mol. The van der Waals surface area contributed by atoms with E-state index in [0.29, 0.717) is 18.1 Å². The van der Waals surface area contributed by atoms with Gasteiger partial charge in [-0.2, -0.15) is 0 Å². The van der Waals surface area contributed by atoms with E-state index in [1.807, 2.05) is 48.6 Å². The van der Waals surface area contributed by atoms with Crippen molar-refractivity contribution in [2.24, 2.45) is 0 Å². The van der Waals surface area contributed by atoms with Gasteiger partial charge in [0.2, 0.25) is 5.91 Å². The lowest BCUT2D eigenvalue weighted by Crippen LogP contribution is -2.35. The van der Waals surface area contributed by atoms with Crippen LogP contribution in [0.25, 0.3) is 16.9 Å². The van der Waals surface area contributed by atoms with Crippen LogP contribution in [0.3, 0.4) is 0 Å². The number of likely N-dealkylation sites (N-methyl/N-ethyl adjacent to an activating group) is 1. The topological polar surface area (TPSA) is 49.6 Å². The number of hydrogen-bond acceptors (Lipinski definition) is 3. The van der Waals surface area contributed by atoms with Crippen molar-refractivity contribution < 1.29 is 4.79 Å². The molecule has 3 aromatic rings. The molecule has 26 heavy (non-hydrogen) atoms. The van der Waals surface area contributed by atoms with Crippen molar-refractivity contribution in [3.63, 3.8) is 0 Å². The van der Waals surface area contributed by atoms with Crippen molar-refractivity contribution in [2.45, 2.75) is 13.8 Å². The molecule has 0 radical (unpaired) electrons. The Bertz CT molecular complexity index is 919. The SMILES string of the molecule is CCN(CC)C(=O)CNc1c(-c2ccc(Br)cc2)nc2ccc(Cl)cn12. The van der Waals surface area contributed by atoms with Crippen molar-refractivity contribution in [3.8, 4) is 11.3 Å². The zero-order chi connectivity index (χ0) is 18.7. The number of fused-ring (bicyclic) bond motifs is 1. The van der Waals surface area contributed by atoms with E-state index in [1.54, 1.807) is 17.2 Å². The Labute approximate surface area is 166 Å². The second-order valence-electron chi connectivity index (χ2n) is 5.81. The van der Waals surface area contributed by atoms with Crippen LogP contribution in [-0.4, -0.2) is 39.8 Å². The van der Waals surface area contributed by atoms with Gasteiger partial charge >= 0.3 is 0 Å². The standard InChI is InChI=1S/C19H20BrClN4O/c1-3-24(4-2)17(26)11-22-19-18(13-5-7-14(20)8-6-13)23-16-10-9-15(21)12-25(16)19/h5-10,12,22H,3-4,11H2,1-2H3. The quantitative estimate of drug-likeness (QED) is 0.611. The van der Waals surface area contributed by atoms with E-state index in [4.69, 9.17) is 16.6 Å². The summed E-state index contributed by atoms with van der Waals surface area (Å²) in [6, 6.07) is 11.6. The van der Waals surface area contributed by atoms with Gasteiger partial charge in [-0.15, -0.1) is 0 Å². The number of nitrogens with zero attached hydrogens (tertiary/aromatic N) is 3. The summed E-state index contributed by atoms with van der Waals surface area (Å²) in [5.74, 6) is 0.805. The molecule has 0 spiro atoms. The van der Waals surface area contributed by atoms with Crippen LogP contribution in [0.2, 0.25) is 5.02 Å². The molecule has 5 nitrogen and oxygen atoms in total. The van der Waals surface area contributed by atoms with Gasteiger partial charge in [-0.05, 0) is 38.1 Å². The van der Waals surface area contributed by atoms with Gasteiger partial charge in [0.25, 0.3) is 0 Å². The number of carbonyl (C=O) groups is 1. The highest BCUT2D eigenvalue weighted by Gasteiger charge is 2.17. The molecule has 0 aliphatic rings. The normalized spacial score (nSPS) is 10.9. The first-order valence-corrected chi connectivity index (χ1v) is 9.65. The molecule has 0 saturated heterocycles. The monoisotopic (exact) mass is 434 g/mol. The lowest BCUT2D eigenvalue weighted by Gasteiger charge is -2.19. The third-order valence-electron chi connectivity index (χ3n) is 4.22. The van der Waals surface area contributed by atoms with E-state index < -0.39 is 0 Å². The number of benzene rings is 1. The molecule has 1 aromatic carbocycles. The fourth-order valence-electron chi connectivity index (χ4n) is 2.84. The first-order valence-electron chi connectivity index (χ1n) is 8.48. The second kappa shape index (κ2) is 8.10. The number of nitrogens with one attached hydrogen (secondary N) is 1. The Kier molecular flexibility index (Phi) is 5.84. The number of anilines is 1. The fourth-order valence-corrected chi connectivity index (χ4v) is 3.27. The predicted octanol–water partition coefficient (Wildman–Crippen LogP) is 4.70. The van der Waals surface area contributed by atoms with Gasteiger partial charge < -0.3 is 10.2 Å². The molecule has 1 amide bonds. The van der Waals surface area contributed by atoms with Gasteiger partial charge in [-0.25, -0.2) is 4.98 Å². The number of aromatic nitrogens is 2. The van der Waals surface area contributed by atoms with Crippen molar-refractivity contribution >= 4 is 44.9 Å². The van der Waals surface area contributed by atoms with Crippen LogP contribution in [0.15, 0.2) is 47.1 Å². The molecule has 0 atom stereocenters. The lowest BCUT2D eigenvalue weighted by molar-refractivity contribution is -0.128. The number of rotatable bonds is 6. The van der Waals surface area contributed by atoms with Gasteiger partial charge in [-0.3, -0.25) is 9.20 Å². The van der Waals surface area contributed by atoms with Gasteiger partial charge in [0, 0.05) is 29.3 Å². The molecule has 1 N–H and O–H groups in total. The number of imidazole rings is 1. The van der Waals surface area contributed by atoms with Crippen molar-refractivity contribution in [1.29, 1.82) is 0 Å². The number of pyridine rings is 1. The second-order valence-corrected chi connectivity index (χ2v) is 7.16. The molecule has 0 saturated carbocycles. The Morgan fingerprint density at radius 3 is 2.54 bits per heavy atom. The molecule has 0 fully saturated rings. The molecule has 0 aliphatic carbocycles. The van der Waals surface area contributed by atoms with Crippen LogP contribution in [0.5, 0.6) is 0 Å². The van der Waals surface area contributed by atoms with E-state index in [2.05, 4.69) is 21.2 Å². The summed E-state index contributed by atoms with van der Waals surface area (Å²) in [6.45, 7) is 5.53. The fraction of sp³-hybridized carbons (Fsp3) is 0.263. The number of amides is 1. The maximum Gasteiger partial charge on any atom is 0.241 e. The zero-order valence-electron chi connectivity index (χ0n) is 14.7. The summed E-state index contributed by atoms with van der Waals surface area (Å²) in [4.78, 5) is 18.9. The first-order chi connectivity index (χ1) is 12.5. The largest absolute Gasteiger partial charge is 0.360 e. The Balaban J connectivity index is 2.00. The minimum atomic E-state index is 0.0498. The molecule has 136 valence electrons. The molecule has 2 heterocycles. The van der Waals surface area contributed by atoms with E-state index in [1.165, 1.54) is 0 Å². The van der Waals surface area contributed by atoms with Gasteiger partial charge in [0.15, 0.2) is 0 Å². The molecular formula is C19H20BrClN4O. The summed E-state index contributed by atoms with van der Waals surface area (Å²) < 4.78 is 2.88. The third-order valence-corrected chi connectivity index (χ3v) is 4.98. The van der Waals surface area contributed by atoms with Crippen LogP contribution in [-0.2, 0) is 4.79 Å². The van der Waals surface area contributed by atoms with Crippen molar-refractivity contribution in [1.82, 2.24) is 14.3 Å². The molecular weight excluding hydrogens is 416 g/mol. The molecule has 3 rings (SSSR count). The smallest absolute Gasteiger partial charge is 0.241 e. The molecule has 7 heteroatoms. The summed E-state index contributed by atoms with van der Waals surface area (Å²) in [5, 5.41) is 3.87. The first kappa shape index (κ1) is 18.7. The Hall–Kier alpha value is -2.05. The van der Waals surface area contributed by atoms with Crippen LogP contribution in [0.4, 0.5) is 5.82 Å². The van der Waals surface area contributed by atoms with Crippen LogP contribution in [0, 0.1) is 0 Å². The highest BCUT2D eigenvalue weighted by Crippen LogP contribution is 2.30. The highest BCUT2D eigenvalue weighted by molar-refractivity contribution is 9.10. The predicted molar refractivity (Wildman–Crippen MR) is 110 cm³/mol. The van der Waals surface area contributed by atoms with Crippen LogP contribution < -0.4 is 5.32 Å². The van der Waals surface area contributed by atoms with Crippen LogP contribution >= 0.6 is 27.5 Å². The zero-order valence-corrected chi connectivity index (χ0v) is 17.0. The lowest BCUT2D eigenvalue weighted by atomic mass is 10.1. The maximum absolute atomic E-state index is 12.4. The van der Waals surface area contributed by atoms with E-state index in [-0.39, 0.29) is 12.5 Å². The number of halogens is 2. The minimum Gasteiger partial charge on any atom is -0.360 e. The Morgan fingerprint density at radius 1 is 1.19 bits per heavy atom. The van der Waals surface area contributed by atoms with E-state index >= 15 is 0 Å². The molecule has 0 bridgehead atoms. The number of carbonyl (C=O) groups excluding carboxylic acids is 1. The van der Waals surface area contributed by atoms with E-state index in [9.17, 15) is 4.79 Å². The van der Waals surface area contributed by atoms with E-state index in [0.717, 1.165) is 27.2 Å². The highest BCUT2D eigenvalue weighted by atomic mass is 79.9. The summed E-state index contributed by atoms with van der Waals surface area (Å²) in [6.07, 6.45) is 1.80. The molecule has 0 aliphatic heterocycles. The van der Waals surface area contributed by atoms with Gasteiger partial charge in [-0.1, -0.05) is 39.7 Å². The van der Waals surface area contributed by atoms with Crippen LogP contribution in [0.1, 0.15) is 13.8 Å². The average Bonchev–Trinajstić information content (AvgIpc) is 2.99. The summed E-state index contributed by atoms with van der Waals surface area (Å²) >= 11 is 9.62.